The van der Waals surface area contributed by atoms with Gasteiger partial charge < -0.3 is 15.7 Å². The Kier molecular flexibility index (Phi) is 4.47. The van der Waals surface area contributed by atoms with Crippen LogP contribution in [0.3, 0.4) is 0 Å². The number of carbonyl (C=O) groups excluding carboxylic acids is 1. The number of nitrogens with one attached hydrogen (secondary N) is 2. The summed E-state index contributed by atoms with van der Waals surface area (Å²) < 4.78 is 13.1. The molecule has 0 fully saturated rings. The maximum Gasteiger partial charge on any atom is 0.325 e. The molecule has 2 amide bonds. The number of urea groups is 1. The van der Waals surface area contributed by atoms with E-state index in [0.717, 1.165) is 0 Å². The molecule has 0 aromatic heterocycles. The molecule has 6 heteroatoms. The Morgan fingerprint density at radius 1 is 1.37 bits per heavy atom. The number of carbonyl (C=O) groups is 2. The van der Waals surface area contributed by atoms with Crippen LogP contribution in [0.4, 0.5) is 9.18 Å². The summed E-state index contributed by atoms with van der Waals surface area (Å²) >= 11 is 0. The molecule has 0 heterocycles. The Morgan fingerprint density at radius 2 is 2.00 bits per heavy atom. The fourth-order valence-corrected chi connectivity index (χ4v) is 1.53. The highest BCUT2D eigenvalue weighted by Crippen LogP contribution is 2.20. The Hall–Kier alpha value is -2.11. The van der Waals surface area contributed by atoms with Gasteiger partial charge in [-0.1, -0.05) is 12.1 Å². The van der Waals surface area contributed by atoms with E-state index >= 15 is 0 Å². The van der Waals surface area contributed by atoms with E-state index in [0.29, 0.717) is 5.56 Å². The normalized spacial score (nSPS) is 12.6. The predicted molar refractivity (Wildman–Crippen MR) is 68.2 cm³/mol. The quantitative estimate of drug-likeness (QED) is 0.779. The molecule has 104 valence electrons. The highest BCUT2D eigenvalue weighted by atomic mass is 19.1. The molecule has 0 saturated carbocycles. The van der Waals surface area contributed by atoms with Gasteiger partial charge in [-0.2, -0.15) is 0 Å². The summed E-state index contributed by atoms with van der Waals surface area (Å²) in [4.78, 5) is 22.3. The van der Waals surface area contributed by atoms with E-state index in [1.54, 1.807) is 26.0 Å². The minimum atomic E-state index is -1.13. The van der Waals surface area contributed by atoms with Crippen LogP contribution in [-0.2, 0) is 10.3 Å². The topological polar surface area (TPSA) is 78.4 Å². The van der Waals surface area contributed by atoms with Crippen LogP contribution in [0.1, 0.15) is 26.3 Å². The van der Waals surface area contributed by atoms with Crippen molar-refractivity contribution in [1.82, 2.24) is 10.6 Å². The van der Waals surface area contributed by atoms with Crippen molar-refractivity contribution in [3.05, 3.63) is 35.6 Å². The van der Waals surface area contributed by atoms with Gasteiger partial charge in [0.05, 0.1) is 5.54 Å². The summed E-state index contributed by atoms with van der Waals surface area (Å²) in [7, 11) is 0. The number of hydrogen-bond donors (Lipinski definition) is 3. The van der Waals surface area contributed by atoms with Gasteiger partial charge in [-0.05, 0) is 38.5 Å². The average Bonchev–Trinajstić information content (AvgIpc) is 2.27. The van der Waals surface area contributed by atoms with E-state index < -0.39 is 29.4 Å². The zero-order valence-corrected chi connectivity index (χ0v) is 11.0. The van der Waals surface area contributed by atoms with E-state index in [2.05, 4.69) is 10.6 Å². The number of carboxylic acid groups (broad SMARTS) is 1. The molecule has 0 bridgehead atoms. The van der Waals surface area contributed by atoms with Crippen molar-refractivity contribution >= 4 is 12.0 Å². The Balaban J connectivity index is 2.74. The molecule has 1 aromatic carbocycles. The first-order valence-corrected chi connectivity index (χ1v) is 5.80. The molecule has 3 N–H and O–H groups in total. The second-order valence-electron chi connectivity index (χ2n) is 4.79. The van der Waals surface area contributed by atoms with Crippen LogP contribution in [0.15, 0.2) is 24.3 Å². The fourth-order valence-electron chi connectivity index (χ4n) is 1.53. The maximum atomic E-state index is 13.1. The number of aliphatic carboxylic acids is 1. The van der Waals surface area contributed by atoms with Crippen molar-refractivity contribution in [1.29, 1.82) is 0 Å². The lowest BCUT2D eigenvalue weighted by Crippen LogP contribution is -2.50. The molecule has 0 saturated heterocycles. The van der Waals surface area contributed by atoms with Crippen LogP contribution >= 0.6 is 0 Å². The van der Waals surface area contributed by atoms with E-state index in [-0.39, 0.29) is 0 Å². The SMILES string of the molecule is CC(NC(=O)NC(C)(C)c1cccc(F)c1)C(=O)O. The summed E-state index contributed by atoms with van der Waals surface area (Å²) in [5, 5.41) is 13.6. The molecule has 0 aliphatic rings. The summed E-state index contributed by atoms with van der Waals surface area (Å²) in [6.07, 6.45) is 0. The van der Waals surface area contributed by atoms with Crippen molar-refractivity contribution in [2.24, 2.45) is 0 Å². The molecule has 5 nitrogen and oxygen atoms in total. The fraction of sp³-hybridized carbons (Fsp3) is 0.385. The Morgan fingerprint density at radius 3 is 2.53 bits per heavy atom. The molecule has 0 aliphatic heterocycles. The molecular weight excluding hydrogens is 251 g/mol. The lowest BCUT2D eigenvalue weighted by atomic mass is 9.94. The van der Waals surface area contributed by atoms with E-state index in [1.807, 2.05) is 0 Å². The Labute approximate surface area is 110 Å². The number of amides is 2. The molecule has 0 spiro atoms. The minimum Gasteiger partial charge on any atom is -0.480 e. The predicted octanol–water partition coefficient (Wildman–Crippen LogP) is 1.83. The van der Waals surface area contributed by atoms with Gasteiger partial charge in [0.1, 0.15) is 11.9 Å². The molecule has 1 rings (SSSR count). The summed E-state index contributed by atoms with van der Waals surface area (Å²) in [6.45, 7) is 4.76. The molecule has 1 unspecified atom stereocenters. The van der Waals surface area contributed by atoms with Crippen LogP contribution in [0.2, 0.25) is 0 Å². The number of rotatable bonds is 4. The highest BCUT2D eigenvalue weighted by Gasteiger charge is 2.24. The van der Waals surface area contributed by atoms with Crippen LogP contribution in [0, 0.1) is 5.82 Å². The second kappa shape index (κ2) is 5.69. The van der Waals surface area contributed by atoms with E-state index in [1.165, 1.54) is 19.1 Å². The van der Waals surface area contributed by atoms with Gasteiger partial charge in [0, 0.05) is 0 Å². The maximum absolute atomic E-state index is 13.1. The average molecular weight is 268 g/mol. The van der Waals surface area contributed by atoms with Crippen molar-refractivity contribution in [3.8, 4) is 0 Å². The van der Waals surface area contributed by atoms with Gasteiger partial charge in [-0.15, -0.1) is 0 Å². The second-order valence-corrected chi connectivity index (χ2v) is 4.79. The summed E-state index contributed by atoms with van der Waals surface area (Å²) in [6, 6.07) is 4.25. The van der Waals surface area contributed by atoms with Crippen molar-refractivity contribution in [2.75, 3.05) is 0 Å². The van der Waals surface area contributed by atoms with Gasteiger partial charge >= 0.3 is 12.0 Å². The minimum absolute atomic E-state index is 0.397. The lowest BCUT2D eigenvalue weighted by Gasteiger charge is -2.27. The van der Waals surface area contributed by atoms with Gasteiger partial charge in [0.15, 0.2) is 0 Å². The van der Waals surface area contributed by atoms with Crippen LogP contribution in [0.5, 0.6) is 0 Å². The third kappa shape index (κ3) is 4.24. The van der Waals surface area contributed by atoms with Crippen LogP contribution in [0.25, 0.3) is 0 Å². The monoisotopic (exact) mass is 268 g/mol. The van der Waals surface area contributed by atoms with Crippen molar-refractivity contribution in [3.63, 3.8) is 0 Å². The van der Waals surface area contributed by atoms with Crippen molar-refractivity contribution in [2.45, 2.75) is 32.4 Å². The molecule has 1 atom stereocenters. The Bertz CT molecular complexity index is 489. The van der Waals surface area contributed by atoms with Gasteiger partial charge in [-0.25, -0.2) is 9.18 Å². The third-order valence-corrected chi connectivity index (χ3v) is 2.69. The lowest BCUT2D eigenvalue weighted by molar-refractivity contribution is -0.138. The summed E-state index contributed by atoms with van der Waals surface area (Å²) in [5.74, 6) is -1.52. The highest BCUT2D eigenvalue weighted by molar-refractivity contribution is 5.82. The standard InChI is InChI=1S/C13H17FN2O3/c1-8(11(17)18)15-12(19)16-13(2,3)9-5-4-6-10(14)7-9/h4-8H,1-3H3,(H,17,18)(H2,15,16,19). The third-order valence-electron chi connectivity index (χ3n) is 2.69. The zero-order chi connectivity index (χ0) is 14.6. The molecule has 0 radical (unpaired) electrons. The number of carboxylic acids is 1. The first kappa shape index (κ1) is 14.9. The van der Waals surface area contributed by atoms with E-state index in [9.17, 15) is 14.0 Å². The largest absolute Gasteiger partial charge is 0.480 e. The smallest absolute Gasteiger partial charge is 0.325 e. The van der Waals surface area contributed by atoms with Crippen molar-refractivity contribution < 1.29 is 19.1 Å². The first-order chi connectivity index (χ1) is 8.72. The summed E-state index contributed by atoms with van der Waals surface area (Å²) in [5.41, 5.74) is -0.227. The molecule has 19 heavy (non-hydrogen) atoms. The number of benzene rings is 1. The van der Waals surface area contributed by atoms with Gasteiger partial charge in [0.25, 0.3) is 0 Å². The first-order valence-electron chi connectivity index (χ1n) is 5.80. The number of hydrogen-bond acceptors (Lipinski definition) is 2. The molecule has 1 aromatic rings. The van der Waals surface area contributed by atoms with Gasteiger partial charge in [0.2, 0.25) is 0 Å². The number of halogens is 1. The molecule has 0 aliphatic carbocycles. The molecular formula is C13H17FN2O3. The van der Waals surface area contributed by atoms with Crippen LogP contribution in [-0.4, -0.2) is 23.1 Å². The van der Waals surface area contributed by atoms with Gasteiger partial charge in [-0.3, -0.25) is 4.79 Å². The van der Waals surface area contributed by atoms with Crippen LogP contribution < -0.4 is 10.6 Å². The van der Waals surface area contributed by atoms with E-state index in [4.69, 9.17) is 5.11 Å². The zero-order valence-electron chi connectivity index (χ0n) is 11.0.